The van der Waals surface area contributed by atoms with Gasteiger partial charge in [-0.3, -0.25) is 14.5 Å². The highest BCUT2D eigenvalue weighted by Gasteiger charge is 2.34. The van der Waals surface area contributed by atoms with Crippen molar-refractivity contribution in [2.75, 3.05) is 26.2 Å². The number of carboxylic acids is 1. The largest absolute Gasteiger partial charge is 0.480 e. The van der Waals surface area contributed by atoms with Gasteiger partial charge in [-0.15, -0.1) is 0 Å². The fraction of sp³-hybridized carbons (Fsp3) is 0.400. The number of carbonyl (C=O) groups excluding carboxylic acids is 1. The molecule has 2 aliphatic rings. The summed E-state index contributed by atoms with van der Waals surface area (Å²) in [5, 5.41) is 12.3. The van der Waals surface area contributed by atoms with Crippen molar-refractivity contribution < 1.29 is 14.7 Å². The van der Waals surface area contributed by atoms with Crippen LogP contribution in [-0.2, 0) is 9.59 Å². The van der Waals surface area contributed by atoms with Crippen LogP contribution in [0.25, 0.3) is 17.0 Å². The zero-order chi connectivity index (χ0) is 26.6. The van der Waals surface area contributed by atoms with E-state index in [2.05, 4.69) is 34.3 Å². The van der Waals surface area contributed by atoms with Crippen LogP contribution in [0.5, 0.6) is 0 Å². The number of amides is 1. The van der Waals surface area contributed by atoms with Crippen molar-refractivity contribution in [1.82, 2.24) is 14.8 Å². The Balaban J connectivity index is 1.12. The SMILES string of the molecule is O=C(O)C(CC1CCN(C(=O)C=Cc2ccc(Cl)c(Cl)c2)CC1)N1CCC(c2c[nH]c3ccccc23)CC1. The molecule has 5 rings (SSSR count). The normalized spacial score (nSPS) is 18.8. The van der Waals surface area contributed by atoms with Crippen LogP contribution in [0.2, 0.25) is 10.0 Å². The van der Waals surface area contributed by atoms with E-state index in [4.69, 9.17) is 23.2 Å². The summed E-state index contributed by atoms with van der Waals surface area (Å²) in [4.78, 5) is 32.3. The minimum Gasteiger partial charge on any atom is -0.480 e. The number of nitrogens with zero attached hydrogens (tertiary/aromatic N) is 2. The molecule has 200 valence electrons. The van der Waals surface area contributed by atoms with Gasteiger partial charge in [0, 0.05) is 36.3 Å². The van der Waals surface area contributed by atoms with E-state index in [-0.39, 0.29) is 5.91 Å². The van der Waals surface area contributed by atoms with Gasteiger partial charge < -0.3 is 15.0 Å². The van der Waals surface area contributed by atoms with Gasteiger partial charge in [0.2, 0.25) is 5.91 Å². The van der Waals surface area contributed by atoms with E-state index in [0.717, 1.165) is 49.9 Å². The molecule has 38 heavy (non-hydrogen) atoms. The molecule has 8 heteroatoms. The highest BCUT2D eigenvalue weighted by molar-refractivity contribution is 6.42. The molecule has 2 aromatic carbocycles. The van der Waals surface area contributed by atoms with Gasteiger partial charge in [0.25, 0.3) is 0 Å². The lowest BCUT2D eigenvalue weighted by Crippen LogP contribution is -2.47. The Morgan fingerprint density at radius 1 is 1.00 bits per heavy atom. The number of para-hydroxylation sites is 1. The Morgan fingerprint density at radius 3 is 2.45 bits per heavy atom. The topological polar surface area (TPSA) is 76.6 Å². The second-order valence-corrected chi connectivity index (χ2v) is 11.3. The van der Waals surface area contributed by atoms with Crippen molar-refractivity contribution in [3.8, 4) is 0 Å². The van der Waals surface area contributed by atoms with Crippen molar-refractivity contribution in [3.63, 3.8) is 0 Å². The maximum atomic E-state index is 12.7. The number of carbonyl (C=O) groups is 2. The summed E-state index contributed by atoms with van der Waals surface area (Å²) < 4.78 is 0. The second kappa shape index (κ2) is 11.9. The van der Waals surface area contributed by atoms with Crippen molar-refractivity contribution in [2.24, 2.45) is 5.92 Å². The molecular weight excluding hydrogens is 521 g/mol. The van der Waals surface area contributed by atoms with Crippen molar-refractivity contribution in [2.45, 2.75) is 44.1 Å². The van der Waals surface area contributed by atoms with Gasteiger partial charge >= 0.3 is 5.97 Å². The molecular formula is C30H33Cl2N3O3. The third-order valence-electron chi connectivity index (χ3n) is 8.16. The molecule has 2 fully saturated rings. The van der Waals surface area contributed by atoms with Gasteiger partial charge in [-0.25, -0.2) is 0 Å². The summed E-state index contributed by atoms with van der Waals surface area (Å²) in [6.45, 7) is 2.87. The maximum absolute atomic E-state index is 12.7. The van der Waals surface area contributed by atoms with Crippen LogP contribution in [0, 0.1) is 5.92 Å². The Bertz CT molecular complexity index is 1320. The summed E-state index contributed by atoms with van der Waals surface area (Å²) in [5.74, 6) is -0.0316. The first-order chi connectivity index (χ1) is 18.4. The Morgan fingerprint density at radius 2 is 1.74 bits per heavy atom. The highest BCUT2D eigenvalue weighted by Crippen LogP contribution is 2.35. The molecule has 0 saturated carbocycles. The van der Waals surface area contributed by atoms with Gasteiger partial charge in [-0.2, -0.15) is 0 Å². The molecule has 2 N–H and O–H groups in total. The number of aromatic amines is 1. The van der Waals surface area contributed by atoms with E-state index in [9.17, 15) is 14.7 Å². The molecule has 3 heterocycles. The lowest BCUT2D eigenvalue weighted by Gasteiger charge is -2.38. The monoisotopic (exact) mass is 553 g/mol. The summed E-state index contributed by atoms with van der Waals surface area (Å²) >= 11 is 12.0. The average Bonchev–Trinajstić information content (AvgIpc) is 3.37. The number of rotatable bonds is 7. The molecule has 2 aliphatic heterocycles. The molecule has 0 aliphatic carbocycles. The molecule has 1 atom stereocenters. The number of aliphatic carboxylic acids is 1. The van der Waals surface area contributed by atoms with Gasteiger partial charge in [-0.1, -0.05) is 47.5 Å². The third kappa shape index (κ3) is 6.09. The van der Waals surface area contributed by atoms with E-state index < -0.39 is 12.0 Å². The number of fused-ring (bicyclic) bond motifs is 1. The van der Waals surface area contributed by atoms with Crippen molar-refractivity contribution in [1.29, 1.82) is 0 Å². The first-order valence-electron chi connectivity index (χ1n) is 13.3. The average molecular weight is 555 g/mol. The minimum absolute atomic E-state index is 0.0383. The number of likely N-dealkylation sites (tertiary alicyclic amines) is 2. The van der Waals surface area contributed by atoms with Crippen LogP contribution >= 0.6 is 23.2 Å². The van der Waals surface area contributed by atoms with Gasteiger partial charge in [0.05, 0.1) is 10.0 Å². The van der Waals surface area contributed by atoms with Crippen LogP contribution in [0.3, 0.4) is 0 Å². The first-order valence-corrected chi connectivity index (χ1v) is 14.1. The smallest absolute Gasteiger partial charge is 0.320 e. The number of carboxylic acid groups (broad SMARTS) is 1. The second-order valence-electron chi connectivity index (χ2n) is 10.5. The molecule has 3 aromatic rings. The number of H-pyrrole nitrogens is 1. The third-order valence-corrected chi connectivity index (χ3v) is 8.90. The van der Waals surface area contributed by atoms with Crippen LogP contribution in [-0.4, -0.2) is 64.0 Å². The molecule has 0 bridgehead atoms. The summed E-state index contributed by atoms with van der Waals surface area (Å²) in [6.07, 6.45) is 9.63. The van der Waals surface area contributed by atoms with Crippen LogP contribution < -0.4 is 0 Å². The first kappa shape index (κ1) is 26.8. The summed E-state index contributed by atoms with van der Waals surface area (Å²) in [6, 6.07) is 13.2. The number of halogens is 2. The number of aromatic nitrogens is 1. The van der Waals surface area contributed by atoms with E-state index in [1.165, 1.54) is 10.9 Å². The predicted molar refractivity (Wildman–Crippen MR) is 153 cm³/mol. The fourth-order valence-corrected chi connectivity index (χ4v) is 6.26. The molecule has 6 nitrogen and oxygen atoms in total. The van der Waals surface area contributed by atoms with Crippen molar-refractivity contribution >= 4 is 52.1 Å². The summed E-state index contributed by atoms with van der Waals surface area (Å²) in [5.41, 5.74) is 3.32. The van der Waals surface area contributed by atoms with Crippen LogP contribution in [0.4, 0.5) is 0 Å². The van der Waals surface area contributed by atoms with Crippen molar-refractivity contribution in [3.05, 3.63) is 75.9 Å². The predicted octanol–water partition coefficient (Wildman–Crippen LogP) is 6.45. The van der Waals surface area contributed by atoms with E-state index in [0.29, 0.717) is 41.4 Å². The zero-order valence-corrected chi connectivity index (χ0v) is 22.8. The lowest BCUT2D eigenvalue weighted by atomic mass is 9.86. The molecule has 2 saturated heterocycles. The Labute approximate surface area is 233 Å². The summed E-state index contributed by atoms with van der Waals surface area (Å²) in [7, 11) is 0. The van der Waals surface area contributed by atoms with Gasteiger partial charge in [0.1, 0.15) is 6.04 Å². The maximum Gasteiger partial charge on any atom is 0.320 e. The number of benzene rings is 2. The number of nitrogens with one attached hydrogen (secondary N) is 1. The number of hydrogen-bond donors (Lipinski definition) is 2. The highest BCUT2D eigenvalue weighted by atomic mass is 35.5. The molecule has 1 aromatic heterocycles. The van der Waals surface area contributed by atoms with Gasteiger partial charge in [0.15, 0.2) is 0 Å². The van der Waals surface area contributed by atoms with Gasteiger partial charge in [-0.05, 0) is 92.4 Å². The minimum atomic E-state index is -0.737. The van der Waals surface area contributed by atoms with Crippen LogP contribution in [0.1, 0.15) is 49.1 Å². The lowest BCUT2D eigenvalue weighted by molar-refractivity contribution is -0.145. The number of hydrogen-bond acceptors (Lipinski definition) is 3. The quantitative estimate of drug-likeness (QED) is 0.329. The van der Waals surface area contributed by atoms with Crippen LogP contribution in [0.15, 0.2) is 54.7 Å². The van der Waals surface area contributed by atoms with E-state index >= 15 is 0 Å². The Kier molecular flexibility index (Phi) is 8.42. The van der Waals surface area contributed by atoms with E-state index in [1.54, 1.807) is 24.3 Å². The molecule has 1 amide bonds. The number of piperidine rings is 2. The molecule has 1 unspecified atom stereocenters. The zero-order valence-electron chi connectivity index (χ0n) is 21.3. The molecule has 0 spiro atoms. The Hall–Kier alpha value is -2.80. The van der Waals surface area contributed by atoms with E-state index in [1.807, 2.05) is 17.0 Å². The fourth-order valence-electron chi connectivity index (χ4n) is 5.95. The standard InChI is InChI=1S/C30H33Cl2N3O3/c31-25-7-5-20(17-26(25)32)6-8-29(36)35-13-9-21(10-14-35)18-28(30(37)38)34-15-11-22(12-16-34)24-19-33-27-4-2-1-3-23(24)27/h1-8,17,19,21-22,28,33H,9-16,18H2,(H,37,38). The molecule has 0 radical (unpaired) electrons.